The topological polar surface area (TPSA) is 22.3 Å². The van der Waals surface area contributed by atoms with Crippen LogP contribution in [0.2, 0.25) is 0 Å². The zero-order chi connectivity index (χ0) is 44.9. The number of hydrogen-bond donors (Lipinski definition) is 0. The molecule has 0 N–H and O–H groups in total. The molecule has 12 aromatic rings. The zero-order valence-electron chi connectivity index (χ0n) is 36.8. The molecule has 0 spiro atoms. The summed E-state index contributed by atoms with van der Waals surface area (Å²) in [6, 6.07) is 88.4. The summed E-state index contributed by atoms with van der Waals surface area (Å²) in [6.45, 7) is 0. The van der Waals surface area contributed by atoms with Gasteiger partial charge in [0.15, 0.2) is 0 Å². The van der Waals surface area contributed by atoms with Gasteiger partial charge in [0.1, 0.15) is 0 Å². The van der Waals surface area contributed by atoms with Gasteiger partial charge in [-0.2, -0.15) is 0 Å². The van der Waals surface area contributed by atoms with Crippen molar-refractivity contribution in [2.24, 2.45) is 0 Å². The van der Waals surface area contributed by atoms with E-state index in [1.165, 1.54) is 28.4 Å². The fourth-order valence-corrected chi connectivity index (χ4v) is 20.5. The predicted molar refractivity (Wildman–Crippen MR) is 280 cm³/mol. The number of hydrogen-bond acceptors (Lipinski definition) is 2. The summed E-state index contributed by atoms with van der Waals surface area (Å²) in [6.07, 6.45) is 0. The van der Waals surface area contributed by atoms with Gasteiger partial charge in [-0.3, -0.25) is 0 Å². The van der Waals surface area contributed by atoms with E-state index in [4.69, 9.17) is 4.74 Å². The van der Waals surface area contributed by atoms with Crippen LogP contribution in [0, 0.1) is 5.82 Å². The summed E-state index contributed by atoms with van der Waals surface area (Å²) >= 11 is -3.67. The predicted octanol–water partition coefficient (Wildman–Crippen LogP) is 12.9. The fourth-order valence-electron chi connectivity index (χ4n) is 10.5. The maximum absolute atomic E-state index is 14.6. The van der Waals surface area contributed by atoms with E-state index in [1.54, 1.807) is 19.2 Å². The van der Waals surface area contributed by atoms with E-state index in [9.17, 15) is 4.39 Å². The summed E-state index contributed by atoms with van der Waals surface area (Å²) < 4.78 is 30.3. The molecule has 0 aliphatic heterocycles. The summed E-state index contributed by atoms with van der Waals surface area (Å²) in [4.78, 5) is 2.35. The van der Waals surface area contributed by atoms with Crippen LogP contribution in [-0.4, -0.2) is 29.5 Å². The second-order valence-electron chi connectivity index (χ2n) is 17.0. The van der Waals surface area contributed by atoms with Crippen LogP contribution in [0.4, 0.5) is 21.5 Å². The van der Waals surface area contributed by atoms with Crippen LogP contribution < -0.4 is 27.2 Å². The molecule has 10 aromatic carbocycles. The Morgan fingerprint density at radius 2 is 0.776 bits per heavy atom. The zero-order valence-corrected chi connectivity index (χ0v) is 38.9. The molecule has 0 saturated heterocycles. The molecule has 0 aliphatic rings. The number of anilines is 3. The molecule has 0 radical (unpaired) electrons. The molecular weight excluding hydrogens is 882 g/mol. The molecule has 0 amide bonds. The van der Waals surface area contributed by atoms with Crippen molar-refractivity contribution < 1.29 is 9.13 Å². The van der Waals surface area contributed by atoms with E-state index in [0.717, 1.165) is 67.0 Å². The Morgan fingerprint density at radius 3 is 1.31 bits per heavy atom. The first-order valence-electron chi connectivity index (χ1n) is 22.6. The number of ether oxygens (including phenoxy) is 1. The molecule has 0 bridgehead atoms. The minimum atomic E-state index is -3.67. The Morgan fingerprint density at radius 1 is 0.358 bits per heavy atom. The minimum absolute atomic E-state index is 0.264. The van der Waals surface area contributed by atoms with Crippen LogP contribution in [0.15, 0.2) is 249 Å². The molecular formula is C61H44FGeN3O. The van der Waals surface area contributed by atoms with Gasteiger partial charge in [0, 0.05) is 5.69 Å². The van der Waals surface area contributed by atoms with Crippen molar-refractivity contribution in [1.82, 2.24) is 9.13 Å². The van der Waals surface area contributed by atoms with E-state index in [2.05, 4.69) is 226 Å². The van der Waals surface area contributed by atoms with Gasteiger partial charge in [-0.15, -0.1) is 0 Å². The number of methoxy groups -OCH3 is 1. The Hall–Kier alpha value is -8.13. The summed E-state index contributed by atoms with van der Waals surface area (Å²) in [5.41, 5.74) is 9.45. The van der Waals surface area contributed by atoms with Gasteiger partial charge in [0.2, 0.25) is 0 Å². The molecule has 0 aliphatic carbocycles. The van der Waals surface area contributed by atoms with E-state index in [1.807, 2.05) is 24.3 Å². The van der Waals surface area contributed by atoms with Crippen LogP contribution in [0.3, 0.4) is 0 Å². The van der Waals surface area contributed by atoms with Gasteiger partial charge in [-0.05, 0) is 18.2 Å². The molecule has 6 heteroatoms. The van der Waals surface area contributed by atoms with Gasteiger partial charge in [0.25, 0.3) is 0 Å². The summed E-state index contributed by atoms with van der Waals surface area (Å²) in [5, 5.41) is 4.59. The molecule has 12 rings (SSSR count). The maximum atomic E-state index is 14.6. The number of benzene rings is 10. The Bertz CT molecular complexity index is 3630. The number of para-hydroxylation sites is 2. The molecule has 4 nitrogen and oxygen atoms in total. The van der Waals surface area contributed by atoms with Crippen LogP contribution in [0.1, 0.15) is 0 Å². The van der Waals surface area contributed by atoms with Gasteiger partial charge in [-0.25, -0.2) is 0 Å². The number of rotatable bonds is 10. The van der Waals surface area contributed by atoms with Crippen molar-refractivity contribution in [2.45, 2.75) is 0 Å². The van der Waals surface area contributed by atoms with E-state index < -0.39 is 13.3 Å². The van der Waals surface area contributed by atoms with Gasteiger partial charge in [-0.1, -0.05) is 30.3 Å². The van der Waals surface area contributed by atoms with Crippen LogP contribution >= 0.6 is 0 Å². The first-order valence-corrected chi connectivity index (χ1v) is 26.8. The molecule has 0 atom stereocenters. The molecule has 0 saturated carbocycles. The van der Waals surface area contributed by atoms with Gasteiger partial charge >= 0.3 is 332 Å². The van der Waals surface area contributed by atoms with Crippen LogP contribution in [0.25, 0.3) is 55.0 Å². The Kier molecular flexibility index (Phi) is 10.1. The monoisotopic (exact) mass is 927 g/mol. The van der Waals surface area contributed by atoms with Crippen molar-refractivity contribution in [1.29, 1.82) is 0 Å². The van der Waals surface area contributed by atoms with Crippen molar-refractivity contribution >= 4 is 91.5 Å². The second kappa shape index (κ2) is 16.7. The van der Waals surface area contributed by atoms with Crippen molar-refractivity contribution in [3.05, 3.63) is 255 Å². The Balaban J connectivity index is 1.13. The Labute approximate surface area is 391 Å². The average Bonchev–Trinajstić information content (AvgIpc) is 3.90. The van der Waals surface area contributed by atoms with E-state index in [-0.39, 0.29) is 5.82 Å². The quantitative estimate of drug-likeness (QED) is 0.128. The number of halogens is 1. The summed E-state index contributed by atoms with van der Waals surface area (Å²) in [5.74, 6) is 0.527. The van der Waals surface area contributed by atoms with Crippen molar-refractivity contribution in [2.75, 3.05) is 12.0 Å². The molecule has 0 fully saturated rings. The standard InChI is InChI=1S/C61H44FGeN3O/c1-67-53-35-31-49(32-36-53)64(51-33-38-60-56(41-51)54-24-14-15-25-58(54)65(60)48-22-12-5-13-23-48)52-34-39-61-57(42-52)55-40-47(28-37-59(55)66(61)50-29-26-43(62)27-30-50)63(44-16-6-2-7-17-44,45-18-8-3-9-19-45)46-20-10-4-11-21-46/h2-42H,1H3. The molecule has 2 heterocycles. The molecule has 2 aromatic heterocycles. The number of fused-ring (bicyclic) bond motifs is 6. The molecule has 67 heavy (non-hydrogen) atoms. The van der Waals surface area contributed by atoms with E-state index >= 15 is 0 Å². The third-order valence-electron chi connectivity index (χ3n) is 13.4. The van der Waals surface area contributed by atoms with Crippen molar-refractivity contribution in [3.63, 3.8) is 0 Å². The number of aromatic nitrogens is 2. The SMILES string of the molecule is COc1ccc(N(c2ccc3c(c2)c2ccccc2n3-c2ccccc2)c2ccc3c(c2)c2c[c]([Ge]([c]4ccccc4)([c]4ccccc4)[c]4ccccc4)ccc2n3-c2ccc(F)cc2)cc1. The summed E-state index contributed by atoms with van der Waals surface area (Å²) in [7, 11) is 1.70. The molecule has 0 unspecified atom stereocenters. The van der Waals surface area contributed by atoms with Gasteiger partial charge < -0.3 is 0 Å². The van der Waals surface area contributed by atoms with E-state index in [0.29, 0.717) is 0 Å². The first-order chi connectivity index (χ1) is 33.1. The first kappa shape index (κ1) is 40.4. The van der Waals surface area contributed by atoms with Crippen molar-refractivity contribution in [3.8, 4) is 17.1 Å². The van der Waals surface area contributed by atoms with Gasteiger partial charge in [0.05, 0.1) is 7.11 Å². The van der Waals surface area contributed by atoms with Crippen LogP contribution in [-0.2, 0) is 0 Å². The molecule has 320 valence electrons. The fraction of sp³-hybridized carbons (Fsp3) is 0.0164. The normalized spacial score (nSPS) is 11.7. The second-order valence-corrected chi connectivity index (χ2v) is 25.0. The number of nitrogens with zero attached hydrogens (tertiary/aromatic N) is 3. The average molecular weight is 927 g/mol. The third-order valence-corrected chi connectivity index (χ3v) is 23.4. The van der Waals surface area contributed by atoms with Crippen LogP contribution in [0.5, 0.6) is 5.75 Å². The third kappa shape index (κ3) is 6.73.